The fourth-order valence-electron chi connectivity index (χ4n) is 1.44. The highest BCUT2D eigenvalue weighted by Gasteiger charge is 2.43. The highest BCUT2D eigenvalue weighted by atomic mass is 16.6. The zero-order chi connectivity index (χ0) is 12.3. The summed E-state index contributed by atoms with van der Waals surface area (Å²) in [6.07, 6.45) is -6.67. The van der Waals surface area contributed by atoms with E-state index in [0.717, 1.165) is 0 Å². The molecular weight excluding hydrogens is 220 g/mol. The molecule has 94 valence electrons. The molecule has 8 heteroatoms. The minimum absolute atomic E-state index is 0.297. The first-order chi connectivity index (χ1) is 7.51. The maximum absolute atomic E-state index is 11.0. The van der Waals surface area contributed by atoms with Crippen LogP contribution in [0.25, 0.3) is 0 Å². The molecule has 8 nitrogen and oxygen atoms in total. The smallest absolute Gasteiger partial charge is 0.235 e. The summed E-state index contributed by atoms with van der Waals surface area (Å²) >= 11 is 0. The van der Waals surface area contributed by atoms with Crippen molar-refractivity contribution in [3.63, 3.8) is 0 Å². The van der Waals surface area contributed by atoms with Gasteiger partial charge in [-0.1, -0.05) is 0 Å². The number of aliphatic hydroxyl groups excluding tert-OH is 4. The maximum atomic E-state index is 11.0. The summed E-state index contributed by atoms with van der Waals surface area (Å²) < 4.78 is 5.01. The first-order valence-corrected chi connectivity index (χ1v) is 4.81. The predicted molar refractivity (Wildman–Crippen MR) is 51.0 cm³/mol. The van der Waals surface area contributed by atoms with Crippen LogP contribution in [0.2, 0.25) is 0 Å². The van der Waals surface area contributed by atoms with Gasteiger partial charge in [0.05, 0.1) is 13.2 Å². The van der Waals surface area contributed by atoms with Crippen molar-refractivity contribution in [2.75, 3.05) is 13.2 Å². The second-order valence-corrected chi connectivity index (χ2v) is 3.52. The number of nitrogens with two attached hydrogens (primary N) is 1. The summed E-state index contributed by atoms with van der Waals surface area (Å²) in [5, 5.41) is 39.4. The van der Waals surface area contributed by atoms with E-state index in [1.807, 2.05) is 0 Å². The molecule has 0 aromatic rings. The van der Waals surface area contributed by atoms with E-state index in [0.29, 0.717) is 0 Å². The lowest BCUT2D eigenvalue weighted by atomic mass is 9.98. The molecule has 0 radical (unpaired) electrons. The van der Waals surface area contributed by atoms with Crippen molar-refractivity contribution in [3.05, 3.63) is 0 Å². The standard InChI is InChI=1S/C8H16N2O6/c9-1-4(12)10-8-7(15)6(14)5(13)3(2-11)16-8/h3,5-8,11,13-15H,1-2,9H2,(H,10,12)/t3-,5+,6+,7-,8-/m1/s1. The van der Waals surface area contributed by atoms with Gasteiger partial charge in [0.25, 0.3) is 0 Å². The number of hydrogen-bond donors (Lipinski definition) is 6. The van der Waals surface area contributed by atoms with Gasteiger partial charge in [0, 0.05) is 0 Å². The van der Waals surface area contributed by atoms with E-state index < -0.39 is 43.2 Å². The first kappa shape index (κ1) is 13.3. The second-order valence-electron chi connectivity index (χ2n) is 3.52. The number of aliphatic hydroxyl groups is 4. The van der Waals surface area contributed by atoms with Gasteiger partial charge in [-0.25, -0.2) is 0 Å². The lowest BCUT2D eigenvalue weighted by molar-refractivity contribution is -0.235. The Morgan fingerprint density at radius 2 is 1.88 bits per heavy atom. The fraction of sp³-hybridized carbons (Fsp3) is 0.875. The van der Waals surface area contributed by atoms with Crippen molar-refractivity contribution in [3.8, 4) is 0 Å². The van der Waals surface area contributed by atoms with Gasteiger partial charge in [-0.15, -0.1) is 0 Å². The fourth-order valence-corrected chi connectivity index (χ4v) is 1.44. The number of rotatable bonds is 3. The van der Waals surface area contributed by atoms with E-state index in [9.17, 15) is 20.1 Å². The van der Waals surface area contributed by atoms with E-state index in [1.54, 1.807) is 0 Å². The molecule has 0 unspecified atom stereocenters. The molecule has 1 saturated heterocycles. The Morgan fingerprint density at radius 1 is 1.25 bits per heavy atom. The Labute approximate surface area is 91.6 Å². The molecule has 0 saturated carbocycles. The molecule has 16 heavy (non-hydrogen) atoms. The molecule has 1 heterocycles. The Morgan fingerprint density at radius 3 is 2.38 bits per heavy atom. The summed E-state index contributed by atoms with van der Waals surface area (Å²) in [4.78, 5) is 11.0. The summed E-state index contributed by atoms with van der Waals surface area (Å²) in [5.41, 5.74) is 5.05. The minimum atomic E-state index is -1.51. The van der Waals surface area contributed by atoms with Gasteiger partial charge in [0.15, 0.2) is 6.23 Å². The number of hydrogen-bond acceptors (Lipinski definition) is 7. The highest BCUT2D eigenvalue weighted by Crippen LogP contribution is 2.19. The molecule has 5 atom stereocenters. The van der Waals surface area contributed by atoms with Crippen molar-refractivity contribution in [2.24, 2.45) is 5.73 Å². The van der Waals surface area contributed by atoms with Crippen molar-refractivity contribution in [2.45, 2.75) is 30.6 Å². The van der Waals surface area contributed by atoms with Gasteiger partial charge in [0.2, 0.25) is 5.91 Å². The number of carbonyl (C=O) groups is 1. The van der Waals surface area contributed by atoms with Crippen LogP contribution in [0.4, 0.5) is 0 Å². The van der Waals surface area contributed by atoms with Crippen LogP contribution in [0.1, 0.15) is 0 Å². The largest absolute Gasteiger partial charge is 0.394 e. The van der Waals surface area contributed by atoms with Gasteiger partial charge in [0.1, 0.15) is 24.4 Å². The molecule has 1 amide bonds. The molecular formula is C8H16N2O6. The van der Waals surface area contributed by atoms with Gasteiger partial charge in [-0.3, -0.25) is 4.79 Å². The molecule has 0 aromatic carbocycles. The zero-order valence-electron chi connectivity index (χ0n) is 8.48. The van der Waals surface area contributed by atoms with Crippen LogP contribution >= 0.6 is 0 Å². The summed E-state index contributed by atoms with van der Waals surface area (Å²) in [5.74, 6) is -0.579. The molecule has 1 rings (SSSR count). The first-order valence-electron chi connectivity index (χ1n) is 4.81. The lowest BCUT2D eigenvalue weighted by Crippen LogP contribution is -2.63. The van der Waals surface area contributed by atoms with Gasteiger partial charge < -0.3 is 36.2 Å². The third-order valence-corrected chi connectivity index (χ3v) is 2.38. The van der Waals surface area contributed by atoms with E-state index in [1.165, 1.54) is 0 Å². The molecule has 1 aliphatic heterocycles. The Balaban J connectivity index is 2.67. The third-order valence-electron chi connectivity index (χ3n) is 2.38. The van der Waals surface area contributed by atoms with E-state index in [2.05, 4.69) is 5.32 Å². The van der Waals surface area contributed by atoms with Crippen LogP contribution in [-0.2, 0) is 9.53 Å². The lowest BCUT2D eigenvalue weighted by Gasteiger charge is -2.40. The molecule has 0 aliphatic carbocycles. The van der Waals surface area contributed by atoms with Crippen LogP contribution < -0.4 is 11.1 Å². The number of amides is 1. The van der Waals surface area contributed by atoms with Crippen molar-refractivity contribution in [1.82, 2.24) is 5.32 Å². The Hall–Kier alpha value is -0.770. The van der Waals surface area contributed by atoms with Crippen LogP contribution in [0.3, 0.4) is 0 Å². The van der Waals surface area contributed by atoms with Crippen molar-refractivity contribution >= 4 is 5.91 Å². The normalized spacial score (nSPS) is 39.4. The topological polar surface area (TPSA) is 145 Å². The Bertz CT molecular complexity index is 249. The highest BCUT2D eigenvalue weighted by molar-refractivity contribution is 5.77. The number of carbonyl (C=O) groups excluding carboxylic acids is 1. The second kappa shape index (κ2) is 5.53. The third kappa shape index (κ3) is 2.67. The van der Waals surface area contributed by atoms with Crippen LogP contribution in [0.5, 0.6) is 0 Å². The van der Waals surface area contributed by atoms with Crippen LogP contribution in [0.15, 0.2) is 0 Å². The summed E-state index contributed by atoms with van der Waals surface area (Å²) in [6, 6.07) is 0. The number of nitrogens with one attached hydrogen (secondary N) is 1. The predicted octanol–water partition coefficient (Wildman–Crippen LogP) is -4.14. The van der Waals surface area contributed by atoms with Crippen LogP contribution in [-0.4, -0.2) is 70.1 Å². The van der Waals surface area contributed by atoms with Crippen molar-refractivity contribution in [1.29, 1.82) is 0 Å². The summed E-state index contributed by atoms with van der Waals surface area (Å²) in [6.45, 7) is -0.838. The quantitative estimate of drug-likeness (QED) is 0.292. The maximum Gasteiger partial charge on any atom is 0.235 e. The molecule has 7 N–H and O–H groups in total. The Kier molecular flexibility index (Phi) is 4.59. The molecule has 0 bridgehead atoms. The van der Waals surface area contributed by atoms with E-state index in [4.69, 9.17) is 15.6 Å². The summed E-state index contributed by atoms with van der Waals surface area (Å²) in [7, 11) is 0. The monoisotopic (exact) mass is 236 g/mol. The van der Waals surface area contributed by atoms with Crippen LogP contribution in [0, 0.1) is 0 Å². The zero-order valence-corrected chi connectivity index (χ0v) is 8.48. The minimum Gasteiger partial charge on any atom is -0.394 e. The molecule has 0 spiro atoms. The van der Waals surface area contributed by atoms with Gasteiger partial charge in [-0.2, -0.15) is 0 Å². The SMILES string of the molecule is NCC(=O)N[C@@H]1O[C@H](CO)[C@H](O)[C@H](O)[C@H]1O. The van der Waals surface area contributed by atoms with Gasteiger partial charge in [-0.05, 0) is 0 Å². The van der Waals surface area contributed by atoms with E-state index >= 15 is 0 Å². The van der Waals surface area contributed by atoms with Crippen molar-refractivity contribution < 1.29 is 30.0 Å². The van der Waals surface area contributed by atoms with E-state index in [-0.39, 0.29) is 6.54 Å². The molecule has 1 fully saturated rings. The average Bonchev–Trinajstić information content (AvgIpc) is 2.29. The molecule has 0 aromatic heterocycles. The number of ether oxygens (including phenoxy) is 1. The van der Waals surface area contributed by atoms with Gasteiger partial charge >= 0.3 is 0 Å². The molecule has 1 aliphatic rings. The average molecular weight is 236 g/mol.